The van der Waals surface area contributed by atoms with Gasteiger partial charge in [0.15, 0.2) is 0 Å². The van der Waals surface area contributed by atoms with Gasteiger partial charge in [-0.1, -0.05) is 79.1 Å². The van der Waals surface area contributed by atoms with Crippen LogP contribution >= 0.6 is 21.6 Å². The number of hydrogen-bond acceptors (Lipinski definition) is 21. The molecule has 104 heavy (non-hydrogen) atoms. The molecule has 0 saturated carbocycles. The Bertz CT molecular complexity index is 3700. The zero-order chi connectivity index (χ0) is 76.3. The van der Waals surface area contributed by atoms with Gasteiger partial charge in [0.1, 0.15) is 66.5 Å². The van der Waals surface area contributed by atoms with Crippen molar-refractivity contribution in [3.05, 3.63) is 66.1 Å². The van der Waals surface area contributed by atoms with Gasteiger partial charge in [-0.25, -0.2) is 4.98 Å². The maximum absolute atomic E-state index is 15.2. The van der Waals surface area contributed by atoms with Crippen molar-refractivity contribution < 1.29 is 87.2 Å². The number of fused-ring (bicyclic) bond motifs is 7. The zero-order valence-electron chi connectivity index (χ0n) is 58.4. The number of amides is 13. The summed E-state index contributed by atoms with van der Waals surface area (Å²) in [6, 6.07) is -10.2. The number of rotatable bonds is 19. The van der Waals surface area contributed by atoms with E-state index in [9.17, 15) is 77.6 Å². The minimum Gasteiger partial charge on any atom is -0.481 e. The number of nitrogens with zero attached hydrogens (tertiary/aromatic N) is 4. The van der Waals surface area contributed by atoms with Gasteiger partial charge in [-0.2, -0.15) is 0 Å². The minimum absolute atomic E-state index is 0.0327. The van der Waals surface area contributed by atoms with Crippen LogP contribution in [0.4, 0.5) is 0 Å². The normalized spacial score (nSPS) is 24.3. The molecule has 19 N–H and O–H groups in total. The van der Waals surface area contributed by atoms with E-state index in [-0.39, 0.29) is 76.7 Å². The average molecular weight is 1490 g/mol. The number of benzene rings is 1. The van der Waals surface area contributed by atoms with Gasteiger partial charge in [0.2, 0.25) is 76.8 Å². The molecule has 13 atom stereocenters. The van der Waals surface area contributed by atoms with Crippen molar-refractivity contribution >= 4 is 121 Å². The lowest BCUT2D eigenvalue weighted by Gasteiger charge is -2.28. The van der Waals surface area contributed by atoms with Gasteiger partial charge in [-0.05, 0) is 82.8 Å². The van der Waals surface area contributed by atoms with Crippen molar-refractivity contribution in [2.75, 3.05) is 18.1 Å². The third-order valence-electron chi connectivity index (χ3n) is 16.9. The lowest BCUT2D eigenvalue weighted by Crippen LogP contribution is -2.61. The molecule has 37 nitrogen and oxygen atoms in total. The molecule has 1 aromatic carbocycles. The van der Waals surface area contributed by atoms with E-state index >= 15 is 9.59 Å². The second-order valence-electron chi connectivity index (χ2n) is 26.0. The monoisotopic (exact) mass is 1490 g/mol. The Morgan fingerprint density at radius 3 is 1.99 bits per heavy atom. The van der Waals surface area contributed by atoms with Crippen molar-refractivity contribution in [3.8, 4) is 0 Å². The number of carbonyl (C=O) groups is 15. The standard InChI is InChI=1S/C65H93N19O18S2/c1-7-12-41-58(95)75-42-15-10-11-20-84-28-37(82-83-84)16-17-44(61(98)78-47(24-38-26-67-31-70-38)63(100)76-45(21-32(2)3)57(94)69-27-50(86)72-43(60(97)74-41)18-19-51(87)88)73-56(93)34(5)71-64(101)48(79-55(92)33(4)22-52(89)90)29-103-104-30-49(65(102)81-53(35(6)85)54(66)91)80-62(99)46(77-59(42)96)23-36-25-68-40-14-9-8-13-39(36)40/h8-9,13-14,25-26,28,31-35,41-49,53,68,85H,7,10-12,15-24,27,29-30H2,1-6H3,(H2,66,91)(H,67,70)(H,69,94)(H,71,101)(H,72,86)(H,73,93)(H,74,97)(H,75,95)(H,76,100)(H,77,96)(H,78,98)(H,79,92)(H,80,99)(H,81,102)(H,87,88)(H,89,90)/t33-,34-,35+,41-,42-,43-,44-,45-,46-,47-,48-,49-,53-/m0/s1. The Morgan fingerprint density at radius 1 is 0.692 bits per heavy atom. The number of aryl methyl sites for hydroxylation is 2. The molecule has 2 aliphatic heterocycles. The Hall–Kier alpha value is -10.2. The first kappa shape index (κ1) is 82.8. The lowest BCUT2D eigenvalue weighted by molar-refractivity contribution is -0.141. The molecule has 3 aromatic heterocycles. The highest BCUT2D eigenvalue weighted by atomic mass is 33.1. The largest absolute Gasteiger partial charge is 0.481 e. The van der Waals surface area contributed by atoms with E-state index in [1.54, 1.807) is 57.4 Å². The van der Waals surface area contributed by atoms with Crippen LogP contribution in [0.2, 0.25) is 0 Å². The number of imidazole rings is 1. The number of hydrogen-bond donors (Lipinski definition) is 18. The molecule has 0 spiro atoms. The van der Waals surface area contributed by atoms with E-state index in [4.69, 9.17) is 5.73 Å². The van der Waals surface area contributed by atoms with Gasteiger partial charge in [-0.3, -0.25) is 76.6 Å². The van der Waals surface area contributed by atoms with Crippen LogP contribution in [0.25, 0.3) is 10.9 Å². The topological polar surface area (TPSA) is 562 Å². The number of nitrogens with one attached hydrogen (secondary N) is 14. The number of aliphatic hydroxyl groups excluding tert-OH is 1. The highest BCUT2D eigenvalue weighted by molar-refractivity contribution is 8.76. The Morgan fingerprint density at radius 2 is 1.33 bits per heavy atom. The molecular formula is C65H93N19O18S2. The molecule has 0 unspecified atom stereocenters. The van der Waals surface area contributed by atoms with E-state index in [0.29, 0.717) is 27.9 Å². The molecule has 39 heteroatoms. The van der Waals surface area contributed by atoms with Crippen LogP contribution in [0.5, 0.6) is 0 Å². The fourth-order valence-corrected chi connectivity index (χ4v) is 13.5. The molecule has 0 saturated heterocycles. The van der Waals surface area contributed by atoms with E-state index < -0.39 is 205 Å². The first-order valence-corrected chi connectivity index (χ1v) is 36.6. The smallest absolute Gasteiger partial charge is 0.304 e. The summed E-state index contributed by atoms with van der Waals surface area (Å²) in [5, 5.41) is 69.8. The lowest BCUT2D eigenvalue weighted by atomic mass is 10.0. The van der Waals surface area contributed by atoms with Gasteiger partial charge in [-0.15, -0.1) is 5.10 Å². The van der Waals surface area contributed by atoms with Crippen molar-refractivity contribution in [2.45, 2.75) is 204 Å². The molecule has 0 aliphatic carbocycles. The number of aromatic nitrogens is 6. The van der Waals surface area contributed by atoms with Crippen LogP contribution in [0.3, 0.4) is 0 Å². The molecule has 4 aromatic rings. The molecule has 6 rings (SSSR count). The van der Waals surface area contributed by atoms with Gasteiger partial charge < -0.3 is 94.8 Å². The van der Waals surface area contributed by atoms with E-state index in [1.807, 2.05) is 0 Å². The number of primary amides is 1. The van der Waals surface area contributed by atoms with Crippen LogP contribution in [-0.4, -0.2) is 225 Å². The number of carboxylic acid groups (broad SMARTS) is 2. The number of aliphatic hydroxyl groups is 1. The summed E-state index contributed by atoms with van der Waals surface area (Å²) in [6.07, 6.45) is 1.90. The van der Waals surface area contributed by atoms with Crippen LogP contribution in [0, 0.1) is 11.8 Å². The summed E-state index contributed by atoms with van der Waals surface area (Å²) in [6.45, 7) is 8.18. The molecular weight excluding hydrogens is 1400 g/mol. The zero-order valence-corrected chi connectivity index (χ0v) is 60.0. The number of H-pyrrole nitrogens is 2. The van der Waals surface area contributed by atoms with Crippen molar-refractivity contribution in [2.24, 2.45) is 17.6 Å². The summed E-state index contributed by atoms with van der Waals surface area (Å²) in [7, 11) is 1.68. The first-order valence-electron chi connectivity index (χ1n) is 34.1. The van der Waals surface area contributed by atoms with Crippen molar-refractivity contribution in [1.82, 2.24) is 93.7 Å². The average Bonchev–Trinajstić information content (AvgIpc) is 1.41. The van der Waals surface area contributed by atoms with Crippen LogP contribution in [0.1, 0.15) is 123 Å². The molecule has 2 aliphatic rings. The maximum Gasteiger partial charge on any atom is 0.304 e. The third-order valence-corrected chi connectivity index (χ3v) is 19.3. The summed E-state index contributed by atoms with van der Waals surface area (Å²) in [5.74, 6) is -17.8. The predicted molar refractivity (Wildman–Crippen MR) is 375 cm³/mol. The van der Waals surface area contributed by atoms with Crippen LogP contribution < -0.4 is 69.5 Å². The summed E-state index contributed by atoms with van der Waals surface area (Å²) < 4.78 is 1.45. The Kier molecular flexibility index (Phi) is 32.3. The molecule has 0 fully saturated rings. The third kappa shape index (κ3) is 26.3. The second-order valence-corrected chi connectivity index (χ2v) is 28.5. The van der Waals surface area contributed by atoms with Gasteiger partial charge >= 0.3 is 11.9 Å². The highest BCUT2D eigenvalue weighted by Gasteiger charge is 2.38. The Labute approximate surface area is 605 Å². The SMILES string of the molecule is CCC[C@@H]1NC(=O)[C@H](CCC(=O)O)NC(=O)CNC(=O)[C@H](CC(C)C)NC(=O)[C@H](Cc2cnc[nH]2)NC(=O)[C@@H]2CCc3cn(nn3)CCCC[C@H](NC1=O)C(=O)N[C@@H](Cc1c[nH]c3ccccc13)C(=O)N[C@H](C(=O)N[C@H](C(N)=O)[C@@H](C)O)CSSC[C@H](NC(=O)[C@@H](C)CC(=O)O)C(=O)N[C@@H](C)C(=O)N2. The van der Waals surface area contributed by atoms with E-state index in [1.165, 1.54) is 38.0 Å². The number of para-hydroxylation sites is 1. The molecule has 5 heterocycles. The van der Waals surface area contributed by atoms with Crippen LogP contribution in [-0.2, 0) is 97.7 Å². The fraction of sp³-hybridized carbons (Fsp3) is 0.569. The second kappa shape index (κ2) is 40.6. The van der Waals surface area contributed by atoms with Gasteiger partial charge in [0.25, 0.3) is 0 Å². The van der Waals surface area contributed by atoms with E-state index in [2.05, 4.69) is 89.1 Å². The quantitative estimate of drug-likeness (QED) is 0.0408. The number of carbonyl (C=O) groups excluding carboxylic acids is 13. The molecule has 568 valence electrons. The molecule has 4 bridgehead atoms. The van der Waals surface area contributed by atoms with Crippen molar-refractivity contribution in [1.29, 1.82) is 0 Å². The number of aliphatic carboxylic acids is 2. The maximum atomic E-state index is 15.2. The Balaban J connectivity index is 1.50. The highest BCUT2D eigenvalue weighted by Crippen LogP contribution is 2.25. The predicted octanol–water partition coefficient (Wildman–Crippen LogP) is -3.36. The molecule has 0 radical (unpaired) electrons. The van der Waals surface area contributed by atoms with E-state index in [0.717, 1.165) is 21.6 Å². The minimum atomic E-state index is -1.71. The first-order chi connectivity index (χ1) is 49.4. The number of carboxylic acids is 2. The number of aromatic amines is 2. The number of nitrogens with two attached hydrogens (primary N) is 1. The van der Waals surface area contributed by atoms with Crippen molar-refractivity contribution in [3.63, 3.8) is 0 Å². The summed E-state index contributed by atoms with van der Waals surface area (Å²) >= 11 is 0. The molecule has 13 amide bonds. The fourth-order valence-electron chi connectivity index (χ4n) is 11.2. The summed E-state index contributed by atoms with van der Waals surface area (Å²) in [4.78, 5) is 220. The summed E-state index contributed by atoms with van der Waals surface area (Å²) in [5.41, 5.74) is 7.32. The van der Waals surface area contributed by atoms with Gasteiger partial charge in [0.05, 0.1) is 31.1 Å². The van der Waals surface area contributed by atoms with Gasteiger partial charge in [0, 0.05) is 78.4 Å². The van der Waals surface area contributed by atoms with Crippen LogP contribution in [0.15, 0.2) is 49.2 Å².